The molecule has 0 bridgehead atoms. The van der Waals surface area contributed by atoms with Crippen molar-refractivity contribution in [3.8, 4) is 5.75 Å². The number of aromatic hydroxyl groups is 1. The first-order valence-electron chi connectivity index (χ1n) is 7.71. The lowest BCUT2D eigenvalue weighted by molar-refractivity contribution is -0.131. The van der Waals surface area contributed by atoms with E-state index in [-0.39, 0.29) is 40.5 Å². The first kappa shape index (κ1) is 17.6. The van der Waals surface area contributed by atoms with Gasteiger partial charge in [0.1, 0.15) is 5.75 Å². The third kappa shape index (κ3) is 4.61. The molecule has 1 atom stereocenters. The monoisotopic (exact) mass is 338 g/mol. The molecule has 1 aliphatic rings. The average Bonchev–Trinajstić information content (AvgIpc) is 2.82. The Morgan fingerprint density at radius 3 is 2.70 bits per heavy atom. The predicted molar refractivity (Wildman–Crippen MR) is 89.4 cm³/mol. The summed E-state index contributed by atoms with van der Waals surface area (Å²) in [7, 11) is 0. The van der Waals surface area contributed by atoms with Crippen LogP contribution in [-0.4, -0.2) is 40.4 Å². The molecule has 5 nitrogen and oxygen atoms in total. The zero-order valence-corrected chi connectivity index (χ0v) is 14.5. The standard InChI is InChI=1S/C17H23ClN2O3/c1-17(2,3)20-10-12(8-16(20)23)9-19-15(22)7-11-4-5-14(21)13(18)6-11/h4-6,12,21H,7-10H2,1-3H3,(H,19,22). The molecule has 1 heterocycles. The van der Waals surface area contributed by atoms with Gasteiger partial charge in [-0.2, -0.15) is 0 Å². The number of nitrogens with one attached hydrogen (secondary N) is 1. The van der Waals surface area contributed by atoms with E-state index < -0.39 is 0 Å². The Morgan fingerprint density at radius 1 is 1.43 bits per heavy atom. The number of carbonyl (C=O) groups is 2. The van der Waals surface area contributed by atoms with Gasteiger partial charge in [0.2, 0.25) is 11.8 Å². The van der Waals surface area contributed by atoms with Crippen LogP contribution in [0.1, 0.15) is 32.8 Å². The number of nitrogens with zero attached hydrogens (tertiary/aromatic N) is 1. The highest BCUT2D eigenvalue weighted by Gasteiger charge is 2.36. The van der Waals surface area contributed by atoms with Gasteiger partial charge in [-0.05, 0) is 38.5 Å². The molecule has 0 aromatic heterocycles. The smallest absolute Gasteiger partial charge is 0.224 e. The van der Waals surface area contributed by atoms with Crippen LogP contribution in [-0.2, 0) is 16.0 Å². The molecule has 6 heteroatoms. The lowest BCUT2D eigenvalue weighted by Gasteiger charge is -2.32. The minimum Gasteiger partial charge on any atom is -0.506 e. The summed E-state index contributed by atoms with van der Waals surface area (Å²) in [6, 6.07) is 4.72. The molecule has 0 aliphatic carbocycles. The number of likely N-dealkylation sites (tertiary alicyclic amines) is 1. The fourth-order valence-electron chi connectivity index (χ4n) is 2.73. The summed E-state index contributed by atoms with van der Waals surface area (Å²) in [6.45, 7) is 7.21. The minimum atomic E-state index is -0.182. The highest BCUT2D eigenvalue weighted by molar-refractivity contribution is 6.32. The average molecular weight is 339 g/mol. The van der Waals surface area contributed by atoms with Crippen LogP contribution >= 0.6 is 11.6 Å². The van der Waals surface area contributed by atoms with Crippen LogP contribution in [0, 0.1) is 5.92 Å². The summed E-state index contributed by atoms with van der Waals surface area (Å²) in [5.41, 5.74) is 0.558. The molecule has 126 valence electrons. The van der Waals surface area contributed by atoms with Crippen molar-refractivity contribution in [2.24, 2.45) is 5.92 Å². The van der Waals surface area contributed by atoms with Gasteiger partial charge in [0.05, 0.1) is 11.4 Å². The summed E-state index contributed by atoms with van der Waals surface area (Å²) in [4.78, 5) is 25.9. The summed E-state index contributed by atoms with van der Waals surface area (Å²) in [5, 5.41) is 12.5. The van der Waals surface area contributed by atoms with Crippen LogP contribution in [0.25, 0.3) is 0 Å². The van der Waals surface area contributed by atoms with Crippen molar-refractivity contribution in [2.45, 2.75) is 39.2 Å². The molecule has 1 aliphatic heterocycles. The van der Waals surface area contributed by atoms with Crippen LogP contribution in [0.5, 0.6) is 5.75 Å². The van der Waals surface area contributed by atoms with Gasteiger partial charge in [-0.3, -0.25) is 9.59 Å². The van der Waals surface area contributed by atoms with E-state index >= 15 is 0 Å². The van der Waals surface area contributed by atoms with E-state index in [9.17, 15) is 14.7 Å². The van der Waals surface area contributed by atoms with Crippen LogP contribution in [0.2, 0.25) is 5.02 Å². The summed E-state index contributed by atoms with van der Waals surface area (Å²) in [5.74, 6) is 0.173. The van der Waals surface area contributed by atoms with Gasteiger partial charge in [-0.1, -0.05) is 17.7 Å². The zero-order chi connectivity index (χ0) is 17.2. The molecule has 0 radical (unpaired) electrons. The highest BCUT2D eigenvalue weighted by Crippen LogP contribution is 2.26. The van der Waals surface area contributed by atoms with Gasteiger partial charge in [-0.25, -0.2) is 0 Å². The molecular formula is C17H23ClN2O3. The molecular weight excluding hydrogens is 316 g/mol. The van der Waals surface area contributed by atoms with Crippen LogP contribution in [0.4, 0.5) is 0 Å². The quantitative estimate of drug-likeness (QED) is 0.885. The SMILES string of the molecule is CC(C)(C)N1CC(CNC(=O)Cc2ccc(O)c(Cl)c2)CC1=O. The third-order valence-electron chi connectivity index (χ3n) is 3.98. The van der Waals surface area contributed by atoms with Gasteiger partial charge in [0.15, 0.2) is 0 Å². The minimum absolute atomic E-state index is 0.00237. The topological polar surface area (TPSA) is 69.6 Å². The number of amides is 2. The Hall–Kier alpha value is -1.75. The number of rotatable bonds is 4. The highest BCUT2D eigenvalue weighted by atomic mass is 35.5. The van der Waals surface area contributed by atoms with E-state index in [1.54, 1.807) is 12.1 Å². The Bertz CT molecular complexity index is 610. The lowest BCUT2D eigenvalue weighted by atomic mass is 10.1. The van der Waals surface area contributed by atoms with Crippen molar-refractivity contribution in [3.05, 3.63) is 28.8 Å². The van der Waals surface area contributed by atoms with Crippen molar-refractivity contribution in [1.82, 2.24) is 10.2 Å². The molecule has 0 saturated carbocycles. The van der Waals surface area contributed by atoms with Gasteiger partial charge in [0, 0.05) is 31.0 Å². The Labute approximate surface area is 141 Å². The van der Waals surface area contributed by atoms with Gasteiger partial charge in [-0.15, -0.1) is 0 Å². The van der Waals surface area contributed by atoms with Gasteiger partial charge >= 0.3 is 0 Å². The number of carbonyl (C=O) groups excluding carboxylic acids is 2. The molecule has 2 N–H and O–H groups in total. The van der Waals surface area contributed by atoms with Gasteiger partial charge in [0.25, 0.3) is 0 Å². The third-order valence-corrected chi connectivity index (χ3v) is 4.28. The Morgan fingerprint density at radius 2 is 2.13 bits per heavy atom. The Balaban J connectivity index is 1.83. The molecule has 1 aromatic rings. The molecule has 2 amide bonds. The second-order valence-corrected chi connectivity index (χ2v) is 7.42. The maximum Gasteiger partial charge on any atom is 0.224 e. The number of halogens is 1. The molecule has 1 fully saturated rings. The number of phenols is 1. The van der Waals surface area contributed by atoms with Crippen molar-refractivity contribution in [2.75, 3.05) is 13.1 Å². The van der Waals surface area contributed by atoms with Crippen molar-refractivity contribution < 1.29 is 14.7 Å². The van der Waals surface area contributed by atoms with E-state index in [1.807, 2.05) is 25.7 Å². The molecule has 0 spiro atoms. The second-order valence-electron chi connectivity index (χ2n) is 7.01. The predicted octanol–water partition coefficient (Wildman–Crippen LogP) is 2.35. The lowest BCUT2D eigenvalue weighted by Crippen LogP contribution is -2.42. The Kier molecular flexibility index (Phi) is 5.19. The fraction of sp³-hybridized carbons (Fsp3) is 0.529. The normalized spacial score (nSPS) is 18.3. The number of benzene rings is 1. The maximum atomic E-state index is 12.0. The first-order chi connectivity index (χ1) is 10.7. The molecule has 2 rings (SSSR count). The molecule has 1 unspecified atom stereocenters. The molecule has 1 aromatic carbocycles. The molecule has 23 heavy (non-hydrogen) atoms. The largest absolute Gasteiger partial charge is 0.506 e. The van der Waals surface area contributed by atoms with E-state index in [0.717, 1.165) is 5.56 Å². The van der Waals surface area contributed by atoms with Crippen molar-refractivity contribution in [3.63, 3.8) is 0 Å². The molecule has 1 saturated heterocycles. The van der Waals surface area contributed by atoms with Gasteiger partial charge < -0.3 is 15.3 Å². The second kappa shape index (κ2) is 6.79. The zero-order valence-electron chi connectivity index (χ0n) is 13.7. The maximum absolute atomic E-state index is 12.0. The first-order valence-corrected chi connectivity index (χ1v) is 8.09. The van der Waals surface area contributed by atoms with Crippen molar-refractivity contribution >= 4 is 23.4 Å². The number of hydrogen-bond donors (Lipinski definition) is 2. The van der Waals surface area contributed by atoms with E-state index in [1.165, 1.54) is 6.07 Å². The number of phenolic OH excluding ortho intramolecular Hbond substituents is 1. The van der Waals surface area contributed by atoms with Crippen LogP contribution in [0.3, 0.4) is 0 Å². The fourth-order valence-corrected chi connectivity index (χ4v) is 2.94. The summed E-state index contributed by atoms with van der Waals surface area (Å²) in [6.07, 6.45) is 0.673. The van der Waals surface area contributed by atoms with E-state index in [2.05, 4.69) is 5.32 Å². The van der Waals surface area contributed by atoms with Crippen LogP contribution in [0.15, 0.2) is 18.2 Å². The number of hydrogen-bond acceptors (Lipinski definition) is 3. The summed E-state index contributed by atoms with van der Waals surface area (Å²) >= 11 is 5.83. The van der Waals surface area contributed by atoms with Crippen LogP contribution < -0.4 is 5.32 Å². The summed E-state index contributed by atoms with van der Waals surface area (Å²) < 4.78 is 0. The van der Waals surface area contributed by atoms with E-state index in [4.69, 9.17) is 11.6 Å². The van der Waals surface area contributed by atoms with Crippen molar-refractivity contribution in [1.29, 1.82) is 0 Å². The van der Waals surface area contributed by atoms with E-state index in [0.29, 0.717) is 19.5 Å².